The summed E-state index contributed by atoms with van der Waals surface area (Å²) in [5.41, 5.74) is 0. The Kier molecular flexibility index (Phi) is 3.88. The van der Waals surface area contributed by atoms with Crippen molar-refractivity contribution in [3.8, 4) is 0 Å². The monoisotopic (exact) mass is 268 g/mol. The number of ether oxygens (including phenoxy) is 1. The van der Waals surface area contributed by atoms with Crippen LogP contribution in [0.25, 0.3) is 0 Å². The summed E-state index contributed by atoms with van der Waals surface area (Å²) in [7, 11) is 1.34. The van der Waals surface area contributed by atoms with Crippen molar-refractivity contribution in [2.45, 2.75) is 13.3 Å². The van der Waals surface area contributed by atoms with E-state index in [1.807, 2.05) is 0 Å². The van der Waals surface area contributed by atoms with Gasteiger partial charge < -0.3 is 14.6 Å². The van der Waals surface area contributed by atoms with Crippen molar-refractivity contribution in [1.29, 1.82) is 0 Å². The highest BCUT2D eigenvalue weighted by Gasteiger charge is 2.10. The number of esters is 1. The molecule has 0 aliphatic carbocycles. The molecule has 0 aliphatic heterocycles. The number of nitrogens with zero attached hydrogens (tertiary/aromatic N) is 3. The maximum atomic E-state index is 11.2. The van der Waals surface area contributed by atoms with Gasteiger partial charge in [-0.25, -0.2) is 9.78 Å². The number of aryl methyl sites for hydroxylation is 1. The van der Waals surface area contributed by atoms with Crippen molar-refractivity contribution in [3.63, 3.8) is 0 Å². The van der Waals surface area contributed by atoms with Crippen LogP contribution in [0.5, 0.6) is 0 Å². The number of aromatic nitrogens is 3. The van der Waals surface area contributed by atoms with Crippen molar-refractivity contribution < 1.29 is 14.1 Å². The van der Waals surface area contributed by atoms with Crippen LogP contribution in [0.1, 0.15) is 21.4 Å². The van der Waals surface area contributed by atoms with E-state index in [-0.39, 0.29) is 5.97 Å². The summed E-state index contributed by atoms with van der Waals surface area (Å²) in [6, 6.07) is 0. The van der Waals surface area contributed by atoms with E-state index in [0.717, 1.165) is 0 Å². The molecule has 0 bridgehead atoms. The third-order valence-electron chi connectivity index (χ3n) is 2.08. The van der Waals surface area contributed by atoms with Gasteiger partial charge in [-0.05, 0) is 6.92 Å². The van der Waals surface area contributed by atoms with Gasteiger partial charge in [-0.3, -0.25) is 0 Å². The second kappa shape index (κ2) is 5.58. The lowest BCUT2D eigenvalue weighted by Crippen LogP contribution is -2.04. The number of carbonyl (C=O) groups excluding carboxylic acids is 1. The second-order valence-electron chi connectivity index (χ2n) is 3.43. The Labute approximate surface area is 107 Å². The third-order valence-corrected chi connectivity index (χ3v) is 3.01. The fourth-order valence-corrected chi connectivity index (χ4v) is 2.03. The Morgan fingerprint density at radius 1 is 1.61 bits per heavy atom. The summed E-state index contributed by atoms with van der Waals surface area (Å²) < 4.78 is 9.57. The van der Waals surface area contributed by atoms with Crippen LogP contribution in [-0.2, 0) is 11.2 Å². The first-order valence-corrected chi connectivity index (χ1v) is 6.08. The predicted octanol–water partition coefficient (Wildman–Crippen LogP) is 1.28. The largest absolute Gasteiger partial charge is 0.465 e. The van der Waals surface area contributed by atoms with Crippen LogP contribution in [0.3, 0.4) is 0 Å². The Hall–Kier alpha value is -1.96. The van der Waals surface area contributed by atoms with Gasteiger partial charge in [-0.2, -0.15) is 4.98 Å². The molecule has 0 unspecified atom stereocenters. The quantitative estimate of drug-likeness (QED) is 0.817. The maximum absolute atomic E-state index is 11.2. The molecular formula is C10H12N4O3S. The summed E-state index contributed by atoms with van der Waals surface area (Å²) in [4.78, 5) is 19.8. The van der Waals surface area contributed by atoms with Crippen LogP contribution in [0.2, 0.25) is 0 Å². The van der Waals surface area contributed by atoms with E-state index in [0.29, 0.717) is 34.7 Å². The average molecular weight is 268 g/mol. The Morgan fingerprint density at radius 3 is 3.11 bits per heavy atom. The van der Waals surface area contributed by atoms with Crippen LogP contribution in [0.4, 0.5) is 5.13 Å². The van der Waals surface area contributed by atoms with Crippen LogP contribution >= 0.6 is 11.3 Å². The van der Waals surface area contributed by atoms with E-state index in [1.165, 1.54) is 24.6 Å². The molecule has 8 heteroatoms. The maximum Gasteiger partial charge on any atom is 0.349 e. The highest BCUT2D eigenvalue weighted by molar-refractivity contribution is 7.17. The smallest absolute Gasteiger partial charge is 0.349 e. The van der Waals surface area contributed by atoms with Gasteiger partial charge in [-0.15, -0.1) is 0 Å². The lowest BCUT2D eigenvalue weighted by molar-refractivity contribution is 0.0606. The fourth-order valence-electron chi connectivity index (χ4n) is 1.27. The molecule has 0 saturated carbocycles. The average Bonchev–Trinajstić information content (AvgIpc) is 2.98. The zero-order valence-electron chi connectivity index (χ0n) is 9.97. The van der Waals surface area contributed by atoms with Crippen molar-refractivity contribution in [2.75, 3.05) is 19.0 Å². The molecule has 0 fully saturated rings. The zero-order chi connectivity index (χ0) is 13.0. The summed E-state index contributed by atoms with van der Waals surface area (Å²) in [5, 5.41) is 7.43. The summed E-state index contributed by atoms with van der Waals surface area (Å²) >= 11 is 1.24. The van der Waals surface area contributed by atoms with E-state index in [4.69, 9.17) is 4.52 Å². The normalized spacial score (nSPS) is 10.3. The van der Waals surface area contributed by atoms with Gasteiger partial charge in [0.25, 0.3) is 0 Å². The van der Waals surface area contributed by atoms with E-state index in [9.17, 15) is 4.79 Å². The van der Waals surface area contributed by atoms with Crippen LogP contribution in [-0.4, -0.2) is 34.7 Å². The minimum Gasteiger partial charge on any atom is -0.465 e. The molecule has 2 aromatic rings. The molecule has 0 aromatic carbocycles. The lowest BCUT2D eigenvalue weighted by atomic mass is 10.4. The molecule has 2 heterocycles. The molecule has 2 aromatic heterocycles. The highest BCUT2D eigenvalue weighted by atomic mass is 32.1. The number of thiazole rings is 1. The van der Waals surface area contributed by atoms with E-state index >= 15 is 0 Å². The predicted molar refractivity (Wildman–Crippen MR) is 64.7 cm³/mol. The SMILES string of the molecule is COC(=O)c1cnc(NCCc2nc(C)no2)s1. The first-order valence-electron chi connectivity index (χ1n) is 5.26. The molecule has 0 saturated heterocycles. The number of hydrogen-bond acceptors (Lipinski definition) is 8. The fraction of sp³-hybridized carbons (Fsp3) is 0.400. The molecule has 0 aliphatic rings. The second-order valence-corrected chi connectivity index (χ2v) is 4.46. The van der Waals surface area contributed by atoms with Crippen molar-refractivity contribution in [3.05, 3.63) is 22.8 Å². The van der Waals surface area contributed by atoms with Gasteiger partial charge in [0.2, 0.25) is 5.89 Å². The molecule has 0 atom stereocenters. The molecule has 2 rings (SSSR count). The molecule has 0 spiro atoms. The molecular weight excluding hydrogens is 256 g/mol. The van der Waals surface area contributed by atoms with Gasteiger partial charge in [0.1, 0.15) is 4.88 Å². The Morgan fingerprint density at radius 2 is 2.44 bits per heavy atom. The number of carbonyl (C=O) groups is 1. The molecule has 0 amide bonds. The minimum absolute atomic E-state index is 0.381. The zero-order valence-corrected chi connectivity index (χ0v) is 10.8. The van der Waals surface area contributed by atoms with Crippen LogP contribution in [0.15, 0.2) is 10.7 Å². The number of nitrogens with one attached hydrogen (secondary N) is 1. The number of methoxy groups -OCH3 is 1. The summed E-state index contributed by atoms with van der Waals surface area (Å²) in [6.07, 6.45) is 2.09. The topological polar surface area (TPSA) is 90.1 Å². The number of rotatable bonds is 5. The lowest BCUT2D eigenvalue weighted by Gasteiger charge is -1.98. The van der Waals surface area contributed by atoms with Crippen LogP contribution < -0.4 is 5.32 Å². The molecule has 18 heavy (non-hydrogen) atoms. The first-order chi connectivity index (χ1) is 8.69. The van der Waals surface area contributed by atoms with E-state index in [1.54, 1.807) is 6.92 Å². The van der Waals surface area contributed by atoms with Crippen molar-refractivity contribution in [1.82, 2.24) is 15.1 Å². The molecule has 1 N–H and O–H groups in total. The molecule has 0 radical (unpaired) electrons. The summed E-state index contributed by atoms with van der Waals surface area (Å²) in [5.74, 6) is 0.810. The van der Waals surface area contributed by atoms with Gasteiger partial charge >= 0.3 is 5.97 Å². The minimum atomic E-state index is -0.381. The van der Waals surface area contributed by atoms with E-state index < -0.39 is 0 Å². The van der Waals surface area contributed by atoms with Gasteiger partial charge in [0.15, 0.2) is 11.0 Å². The van der Waals surface area contributed by atoms with E-state index in [2.05, 4.69) is 25.2 Å². The first kappa shape index (κ1) is 12.5. The van der Waals surface area contributed by atoms with Crippen molar-refractivity contribution >= 4 is 22.4 Å². The number of anilines is 1. The Balaban J connectivity index is 1.83. The molecule has 96 valence electrons. The summed E-state index contributed by atoms with van der Waals surface area (Å²) in [6.45, 7) is 2.37. The van der Waals surface area contributed by atoms with Gasteiger partial charge in [-0.1, -0.05) is 16.5 Å². The van der Waals surface area contributed by atoms with Crippen LogP contribution in [0, 0.1) is 6.92 Å². The Bertz CT molecular complexity index is 537. The third kappa shape index (κ3) is 3.04. The van der Waals surface area contributed by atoms with Gasteiger partial charge in [0, 0.05) is 13.0 Å². The molecule has 7 nitrogen and oxygen atoms in total. The van der Waals surface area contributed by atoms with Gasteiger partial charge in [0.05, 0.1) is 13.3 Å². The van der Waals surface area contributed by atoms with Crippen molar-refractivity contribution in [2.24, 2.45) is 0 Å². The highest BCUT2D eigenvalue weighted by Crippen LogP contribution is 2.18. The standard InChI is InChI=1S/C10H12N4O3S/c1-6-13-8(17-14-6)3-4-11-10-12-5-7(18-10)9(15)16-2/h5H,3-4H2,1-2H3,(H,11,12). The number of hydrogen-bond donors (Lipinski definition) is 1.